The molecule has 1 aromatic carbocycles. The van der Waals surface area contributed by atoms with Crippen LogP contribution in [0.1, 0.15) is 18.9 Å². The molecule has 0 fully saturated rings. The van der Waals surface area contributed by atoms with Crippen molar-refractivity contribution in [3.8, 4) is 0 Å². The van der Waals surface area contributed by atoms with Gasteiger partial charge in [-0.3, -0.25) is 9.69 Å². The van der Waals surface area contributed by atoms with Gasteiger partial charge in [0.15, 0.2) is 0 Å². The molecule has 0 aliphatic carbocycles. The summed E-state index contributed by atoms with van der Waals surface area (Å²) < 4.78 is 0. The molecule has 0 aromatic heterocycles. The summed E-state index contributed by atoms with van der Waals surface area (Å²) in [4.78, 5) is 13.5. The Hall–Kier alpha value is -1.10. The molecule has 0 saturated heterocycles. The van der Waals surface area contributed by atoms with E-state index < -0.39 is 0 Å². The molecule has 1 aromatic rings. The predicted molar refractivity (Wildman–Crippen MR) is 81.3 cm³/mol. The Bertz CT molecular complexity index is 359. The molecule has 3 N–H and O–H groups in total. The predicted octanol–water partition coefficient (Wildman–Crippen LogP) is 1.39. The number of carbonyl (C=O) groups excluding carboxylic acids is 1. The summed E-state index contributed by atoms with van der Waals surface area (Å²) in [5.74, 6) is 0.0254. The number of benzene rings is 1. The monoisotopic (exact) mass is 285 g/mol. The number of hydrogen-bond donors (Lipinski definition) is 2. The molecule has 1 amide bonds. The lowest BCUT2D eigenvalue weighted by Gasteiger charge is -2.25. The maximum absolute atomic E-state index is 11.3. The first-order chi connectivity index (χ1) is 8.63. The van der Waals surface area contributed by atoms with E-state index in [4.69, 9.17) is 5.73 Å². The molecule has 0 spiro atoms. The lowest BCUT2D eigenvalue weighted by atomic mass is 10.2. The van der Waals surface area contributed by atoms with E-state index in [-0.39, 0.29) is 18.3 Å². The van der Waals surface area contributed by atoms with Crippen molar-refractivity contribution in [2.45, 2.75) is 25.9 Å². The molecule has 0 saturated carbocycles. The lowest BCUT2D eigenvalue weighted by molar-refractivity contribution is -0.121. The van der Waals surface area contributed by atoms with E-state index in [0.29, 0.717) is 25.6 Å². The molecule has 5 heteroatoms. The van der Waals surface area contributed by atoms with Gasteiger partial charge in [0.1, 0.15) is 0 Å². The standard InChI is InChI=1S/C14H23N3O.ClH/c1-12(10-16-14(18)8-9-15)17(2)11-13-6-4-3-5-7-13;/h3-7,12H,8-11,15H2,1-2H3,(H,16,18);1H. The van der Waals surface area contributed by atoms with Gasteiger partial charge in [-0.25, -0.2) is 0 Å². The van der Waals surface area contributed by atoms with Crippen molar-refractivity contribution in [3.05, 3.63) is 35.9 Å². The van der Waals surface area contributed by atoms with Crippen molar-refractivity contribution in [2.24, 2.45) is 5.73 Å². The first kappa shape index (κ1) is 17.9. The number of nitrogens with one attached hydrogen (secondary N) is 1. The topological polar surface area (TPSA) is 58.4 Å². The van der Waals surface area contributed by atoms with E-state index in [2.05, 4.69) is 36.3 Å². The maximum atomic E-state index is 11.3. The number of nitrogens with two attached hydrogens (primary N) is 1. The Balaban J connectivity index is 0.00000324. The second-order valence-electron chi connectivity index (χ2n) is 4.59. The average Bonchev–Trinajstić information content (AvgIpc) is 2.37. The van der Waals surface area contributed by atoms with Gasteiger partial charge in [-0.1, -0.05) is 30.3 Å². The minimum atomic E-state index is 0. The number of hydrogen-bond acceptors (Lipinski definition) is 3. The van der Waals surface area contributed by atoms with Gasteiger partial charge in [-0.2, -0.15) is 0 Å². The van der Waals surface area contributed by atoms with Gasteiger partial charge in [-0.15, -0.1) is 12.4 Å². The molecule has 0 aliphatic rings. The summed E-state index contributed by atoms with van der Waals surface area (Å²) in [5, 5.41) is 2.89. The molecule has 1 atom stereocenters. The van der Waals surface area contributed by atoms with E-state index in [1.165, 1.54) is 5.56 Å². The van der Waals surface area contributed by atoms with Crippen LogP contribution in [-0.4, -0.2) is 37.0 Å². The number of rotatable bonds is 7. The minimum absolute atomic E-state index is 0. The molecule has 0 heterocycles. The van der Waals surface area contributed by atoms with Crippen LogP contribution in [0.5, 0.6) is 0 Å². The Labute approximate surface area is 121 Å². The van der Waals surface area contributed by atoms with Crippen LogP contribution < -0.4 is 11.1 Å². The molecule has 4 nitrogen and oxygen atoms in total. The Morgan fingerprint density at radius 2 is 2.00 bits per heavy atom. The van der Waals surface area contributed by atoms with Gasteiger partial charge < -0.3 is 11.1 Å². The second kappa shape index (κ2) is 9.78. The van der Waals surface area contributed by atoms with Gasteiger partial charge in [-0.05, 0) is 19.5 Å². The SMILES string of the molecule is CC(CNC(=O)CCN)N(C)Cc1ccccc1.Cl. The highest BCUT2D eigenvalue weighted by molar-refractivity contribution is 5.85. The first-order valence-corrected chi connectivity index (χ1v) is 6.34. The number of nitrogens with zero attached hydrogens (tertiary/aromatic N) is 1. The average molecular weight is 286 g/mol. The lowest BCUT2D eigenvalue weighted by Crippen LogP contribution is -2.40. The van der Waals surface area contributed by atoms with Crippen molar-refractivity contribution >= 4 is 18.3 Å². The van der Waals surface area contributed by atoms with Gasteiger partial charge in [0, 0.05) is 32.1 Å². The molecule has 1 rings (SSSR count). The van der Waals surface area contributed by atoms with Crippen LogP contribution in [0.3, 0.4) is 0 Å². The Morgan fingerprint density at radius 1 is 1.37 bits per heavy atom. The zero-order valence-corrected chi connectivity index (χ0v) is 12.5. The van der Waals surface area contributed by atoms with Crippen LogP contribution in [0.2, 0.25) is 0 Å². The molecule has 0 bridgehead atoms. The summed E-state index contributed by atoms with van der Waals surface area (Å²) in [6.07, 6.45) is 0.398. The highest BCUT2D eigenvalue weighted by Gasteiger charge is 2.10. The van der Waals surface area contributed by atoms with Gasteiger partial charge in [0.05, 0.1) is 0 Å². The smallest absolute Gasteiger partial charge is 0.221 e. The van der Waals surface area contributed by atoms with E-state index in [9.17, 15) is 4.79 Å². The van der Waals surface area contributed by atoms with Crippen LogP contribution in [0.15, 0.2) is 30.3 Å². The summed E-state index contributed by atoms with van der Waals surface area (Å²) in [6.45, 7) is 4.04. The third kappa shape index (κ3) is 7.15. The van der Waals surface area contributed by atoms with E-state index >= 15 is 0 Å². The third-order valence-electron chi connectivity index (χ3n) is 2.99. The molecule has 1 unspecified atom stereocenters. The molecular weight excluding hydrogens is 262 g/mol. The zero-order valence-electron chi connectivity index (χ0n) is 11.6. The zero-order chi connectivity index (χ0) is 13.4. The van der Waals surface area contributed by atoms with Crippen LogP contribution in [0, 0.1) is 0 Å². The summed E-state index contributed by atoms with van der Waals surface area (Å²) in [6, 6.07) is 10.6. The summed E-state index contributed by atoms with van der Waals surface area (Å²) >= 11 is 0. The van der Waals surface area contributed by atoms with Gasteiger partial charge in [0.25, 0.3) is 0 Å². The van der Waals surface area contributed by atoms with Crippen molar-refractivity contribution in [1.82, 2.24) is 10.2 Å². The normalized spacial score (nSPS) is 11.8. The molecule has 0 aliphatic heterocycles. The van der Waals surface area contributed by atoms with Crippen molar-refractivity contribution in [2.75, 3.05) is 20.1 Å². The van der Waals surface area contributed by atoms with Gasteiger partial charge >= 0.3 is 0 Å². The Morgan fingerprint density at radius 3 is 2.58 bits per heavy atom. The van der Waals surface area contributed by atoms with E-state index in [0.717, 1.165) is 6.54 Å². The van der Waals surface area contributed by atoms with Gasteiger partial charge in [0.2, 0.25) is 5.91 Å². The maximum Gasteiger partial charge on any atom is 0.221 e. The fourth-order valence-electron chi connectivity index (χ4n) is 1.66. The Kier molecular flexibility index (Phi) is 9.21. The van der Waals surface area contributed by atoms with Crippen molar-refractivity contribution in [3.63, 3.8) is 0 Å². The quantitative estimate of drug-likeness (QED) is 0.796. The van der Waals surface area contributed by atoms with Crippen LogP contribution in [0.25, 0.3) is 0 Å². The van der Waals surface area contributed by atoms with Crippen molar-refractivity contribution < 1.29 is 4.79 Å². The molecular formula is C14H24ClN3O. The van der Waals surface area contributed by atoms with Crippen molar-refractivity contribution in [1.29, 1.82) is 0 Å². The number of carbonyl (C=O) groups is 1. The van der Waals surface area contributed by atoms with Crippen LogP contribution in [-0.2, 0) is 11.3 Å². The summed E-state index contributed by atoms with van der Waals surface area (Å²) in [7, 11) is 2.06. The number of likely N-dealkylation sites (N-methyl/N-ethyl adjacent to an activating group) is 1. The van der Waals surface area contributed by atoms with Crippen LogP contribution >= 0.6 is 12.4 Å². The summed E-state index contributed by atoms with van der Waals surface area (Å²) in [5.41, 5.74) is 6.60. The first-order valence-electron chi connectivity index (χ1n) is 6.34. The molecule has 19 heavy (non-hydrogen) atoms. The number of amides is 1. The van der Waals surface area contributed by atoms with E-state index in [1.54, 1.807) is 0 Å². The largest absolute Gasteiger partial charge is 0.355 e. The fraction of sp³-hybridized carbons (Fsp3) is 0.500. The third-order valence-corrected chi connectivity index (χ3v) is 2.99. The second-order valence-corrected chi connectivity index (χ2v) is 4.59. The minimum Gasteiger partial charge on any atom is -0.355 e. The molecule has 0 radical (unpaired) electrons. The molecule has 108 valence electrons. The highest BCUT2D eigenvalue weighted by atomic mass is 35.5. The highest BCUT2D eigenvalue weighted by Crippen LogP contribution is 2.05. The van der Waals surface area contributed by atoms with E-state index in [1.807, 2.05) is 18.2 Å². The number of halogens is 1. The fourth-order valence-corrected chi connectivity index (χ4v) is 1.66. The van der Waals surface area contributed by atoms with Crippen LogP contribution in [0.4, 0.5) is 0 Å².